The van der Waals surface area contributed by atoms with E-state index in [0.717, 1.165) is 17.4 Å². The lowest BCUT2D eigenvalue weighted by atomic mass is 9.68. The summed E-state index contributed by atoms with van der Waals surface area (Å²) in [4.78, 5) is 28.8. The molecular weight excluding hydrogens is 542 g/mol. The summed E-state index contributed by atoms with van der Waals surface area (Å²) in [6, 6.07) is 20.2. The summed E-state index contributed by atoms with van der Waals surface area (Å²) in [5.74, 6) is 0.511. The Morgan fingerprint density at radius 2 is 1.56 bits per heavy atom. The maximum absolute atomic E-state index is 13.6. The van der Waals surface area contributed by atoms with Crippen LogP contribution in [0.15, 0.2) is 72.5 Å². The molecule has 10 heteroatoms. The standard InChI is InChI=1S/C33H51N7O3/c1-7-30(33(23-26(3)39(4)5,27-15-10-8-11-16-27)28-17-12-9-13-18-28)43-32(42)40(6)25(2)20-22-37-38-29(24-41)19-14-21-36-31(34)35/h7-13,15-18,24-26,29,37-38H,14,19-23H2,1-6H3,(H4,34,35,36)/b30-7-/t25?,26?,29-/m0/s1. The predicted octanol–water partition coefficient (Wildman–Crippen LogP) is 3.99. The SMILES string of the molecule is C/C=C(\OC(=O)N(C)C(C)CCNN[C@H](C=O)CCCNC(=N)N)C(CC(C)N(C)C)(c1ccccc1)c1ccccc1. The molecule has 2 unspecified atom stereocenters. The molecule has 3 atom stereocenters. The first-order chi connectivity index (χ1) is 20.6. The van der Waals surface area contributed by atoms with Crippen molar-refractivity contribution in [2.24, 2.45) is 5.73 Å². The molecule has 10 nitrogen and oxygen atoms in total. The average Bonchev–Trinajstić information content (AvgIpc) is 3.01. The Morgan fingerprint density at radius 1 is 0.977 bits per heavy atom. The number of nitrogens with two attached hydrogens (primary N) is 1. The second-order valence-corrected chi connectivity index (χ2v) is 11.2. The molecule has 0 radical (unpaired) electrons. The van der Waals surface area contributed by atoms with Gasteiger partial charge >= 0.3 is 6.09 Å². The number of hydrogen-bond acceptors (Lipinski definition) is 7. The van der Waals surface area contributed by atoms with E-state index in [0.29, 0.717) is 44.5 Å². The van der Waals surface area contributed by atoms with Crippen molar-refractivity contribution in [1.29, 1.82) is 5.41 Å². The molecule has 0 aromatic heterocycles. The molecule has 0 aliphatic carbocycles. The fourth-order valence-corrected chi connectivity index (χ4v) is 4.99. The number of guanidine groups is 1. The highest BCUT2D eigenvalue weighted by Crippen LogP contribution is 2.44. The molecule has 2 aromatic rings. The van der Waals surface area contributed by atoms with Crippen LogP contribution < -0.4 is 21.9 Å². The van der Waals surface area contributed by atoms with Gasteiger partial charge in [0.25, 0.3) is 0 Å². The van der Waals surface area contributed by atoms with Crippen molar-refractivity contribution in [3.8, 4) is 0 Å². The Hall–Kier alpha value is -3.73. The number of carbonyl (C=O) groups excluding carboxylic acids is 2. The third-order valence-corrected chi connectivity index (χ3v) is 7.99. The summed E-state index contributed by atoms with van der Waals surface area (Å²) in [5, 5.41) is 9.92. The van der Waals surface area contributed by atoms with Crippen molar-refractivity contribution in [1.82, 2.24) is 26.0 Å². The smallest absolute Gasteiger partial charge is 0.414 e. The fraction of sp³-hybridized carbons (Fsp3) is 0.485. The topological polar surface area (TPSA) is 136 Å². The number of allylic oxidation sites excluding steroid dienone is 2. The zero-order valence-corrected chi connectivity index (χ0v) is 26.6. The first-order valence-corrected chi connectivity index (χ1v) is 15.0. The van der Waals surface area contributed by atoms with E-state index < -0.39 is 11.5 Å². The van der Waals surface area contributed by atoms with Crippen molar-refractivity contribution >= 4 is 18.3 Å². The van der Waals surface area contributed by atoms with Gasteiger partial charge in [-0.3, -0.25) is 10.8 Å². The van der Waals surface area contributed by atoms with Crippen molar-refractivity contribution < 1.29 is 14.3 Å². The lowest BCUT2D eigenvalue weighted by Gasteiger charge is -2.40. The molecule has 0 spiro atoms. The third-order valence-electron chi connectivity index (χ3n) is 7.99. The van der Waals surface area contributed by atoms with Gasteiger partial charge in [0.05, 0.1) is 11.5 Å². The number of ether oxygens (including phenoxy) is 1. The molecule has 0 aliphatic heterocycles. The lowest BCUT2D eigenvalue weighted by molar-refractivity contribution is -0.110. The first kappa shape index (κ1) is 35.5. The molecule has 6 N–H and O–H groups in total. The van der Waals surface area contributed by atoms with Gasteiger partial charge in [-0.25, -0.2) is 10.2 Å². The summed E-state index contributed by atoms with van der Waals surface area (Å²) in [7, 11) is 5.88. The molecule has 0 saturated heterocycles. The van der Waals surface area contributed by atoms with Crippen molar-refractivity contribution in [2.45, 2.75) is 70.0 Å². The quantitative estimate of drug-likeness (QED) is 0.0437. The molecular formula is C33H51N7O3. The van der Waals surface area contributed by atoms with Gasteiger partial charge in [0.1, 0.15) is 12.0 Å². The molecule has 43 heavy (non-hydrogen) atoms. The van der Waals surface area contributed by atoms with E-state index in [2.05, 4.69) is 66.4 Å². The number of amides is 1. The summed E-state index contributed by atoms with van der Waals surface area (Å²) in [5.41, 5.74) is 12.8. The van der Waals surface area contributed by atoms with Crippen molar-refractivity contribution in [3.05, 3.63) is 83.6 Å². The highest BCUT2D eigenvalue weighted by molar-refractivity contribution is 5.74. The number of hydrogen-bond donors (Lipinski definition) is 5. The van der Waals surface area contributed by atoms with E-state index in [1.165, 1.54) is 0 Å². The monoisotopic (exact) mass is 593 g/mol. The molecule has 2 rings (SSSR count). The van der Waals surface area contributed by atoms with Gasteiger partial charge in [0, 0.05) is 32.2 Å². The first-order valence-electron chi connectivity index (χ1n) is 15.0. The summed E-state index contributed by atoms with van der Waals surface area (Å²) < 4.78 is 6.29. The second-order valence-electron chi connectivity index (χ2n) is 11.2. The van der Waals surface area contributed by atoms with Crippen LogP contribution in [-0.2, 0) is 14.9 Å². The maximum Gasteiger partial charge on any atom is 0.414 e. The highest BCUT2D eigenvalue weighted by Gasteiger charge is 2.42. The minimum absolute atomic E-state index is 0.0825. The van der Waals surface area contributed by atoms with Gasteiger partial charge < -0.3 is 30.4 Å². The van der Waals surface area contributed by atoms with E-state index in [9.17, 15) is 9.59 Å². The molecule has 0 heterocycles. The van der Waals surface area contributed by atoms with Gasteiger partial charge in [-0.15, -0.1) is 0 Å². The zero-order chi connectivity index (χ0) is 31.8. The Balaban J connectivity index is 2.15. The van der Waals surface area contributed by atoms with Crippen molar-refractivity contribution in [3.63, 3.8) is 0 Å². The van der Waals surface area contributed by atoms with Crippen LogP contribution in [0.3, 0.4) is 0 Å². The molecule has 0 aliphatic rings. The summed E-state index contributed by atoms with van der Waals surface area (Å²) in [6.07, 6.45) is 4.98. The van der Waals surface area contributed by atoms with E-state index in [1.54, 1.807) is 11.9 Å². The molecule has 0 saturated carbocycles. The number of hydrazine groups is 1. The second kappa shape index (κ2) is 18.0. The van der Waals surface area contributed by atoms with Gasteiger partial charge in [0.2, 0.25) is 0 Å². The number of nitrogens with zero attached hydrogens (tertiary/aromatic N) is 2. The Labute approximate surface area is 257 Å². The Bertz CT molecular complexity index is 1120. The highest BCUT2D eigenvalue weighted by atomic mass is 16.6. The molecule has 1 amide bonds. The van der Waals surface area contributed by atoms with Crippen LogP contribution in [0, 0.1) is 5.41 Å². The summed E-state index contributed by atoms with van der Waals surface area (Å²) >= 11 is 0. The number of rotatable bonds is 18. The maximum atomic E-state index is 13.6. The van der Waals surface area contributed by atoms with Gasteiger partial charge in [-0.05, 0) is 77.8 Å². The van der Waals surface area contributed by atoms with Crippen LogP contribution in [0.4, 0.5) is 4.79 Å². The zero-order valence-electron chi connectivity index (χ0n) is 26.6. The Morgan fingerprint density at radius 3 is 2.05 bits per heavy atom. The number of aldehydes is 1. The largest absolute Gasteiger partial charge is 0.414 e. The van der Waals surface area contributed by atoms with Crippen LogP contribution >= 0.6 is 0 Å². The molecule has 2 aromatic carbocycles. The van der Waals surface area contributed by atoms with Crippen LogP contribution in [0.25, 0.3) is 0 Å². The molecule has 0 fully saturated rings. The third kappa shape index (κ3) is 10.5. The van der Waals surface area contributed by atoms with Gasteiger partial charge in [-0.1, -0.05) is 60.7 Å². The van der Waals surface area contributed by atoms with Crippen molar-refractivity contribution in [2.75, 3.05) is 34.2 Å². The van der Waals surface area contributed by atoms with Gasteiger partial charge in [0.15, 0.2) is 5.96 Å². The van der Waals surface area contributed by atoms with E-state index in [1.807, 2.05) is 56.3 Å². The molecule has 0 bridgehead atoms. The number of benzene rings is 2. The molecule has 236 valence electrons. The van der Waals surface area contributed by atoms with E-state index >= 15 is 0 Å². The average molecular weight is 594 g/mol. The van der Waals surface area contributed by atoms with E-state index in [4.69, 9.17) is 15.9 Å². The number of nitrogens with one attached hydrogen (secondary N) is 4. The fourth-order valence-electron chi connectivity index (χ4n) is 4.99. The van der Waals surface area contributed by atoms with Gasteiger partial charge in [-0.2, -0.15) is 0 Å². The van der Waals surface area contributed by atoms with Crippen LogP contribution in [0.1, 0.15) is 57.6 Å². The predicted molar refractivity (Wildman–Crippen MR) is 174 cm³/mol. The minimum atomic E-state index is -0.685. The minimum Gasteiger partial charge on any atom is -0.414 e. The van der Waals surface area contributed by atoms with Crippen LogP contribution in [-0.4, -0.2) is 80.5 Å². The van der Waals surface area contributed by atoms with Crippen LogP contribution in [0.2, 0.25) is 0 Å². The van der Waals surface area contributed by atoms with Crippen LogP contribution in [0.5, 0.6) is 0 Å². The lowest BCUT2D eigenvalue weighted by Crippen LogP contribution is -2.45. The Kier molecular flexibility index (Phi) is 14.9. The number of carbonyl (C=O) groups is 2. The summed E-state index contributed by atoms with van der Waals surface area (Å²) in [6.45, 7) is 7.15. The normalized spacial score (nSPS) is 14.1. The van der Waals surface area contributed by atoms with E-state index in [-0.39, 0.29) is 24.1 Å².